The van der Waals surface area contributed by atoms with Crippen LogP contribution in [0.5, 0.6) is 5.75 Å². The van der Waals surface area contributed by atoms with E-state index in [0.717, 1.165) is 32.8 Å². The monoisotopic (exact) mass is 410 g/mol. The predicted octanol–water partition coefficient (Wildman–Crippen LogP) is 4.08. The highest BCUT2D eigenvalue weighted by Gasteiger charge is 2.13. The molecule has 0 unspecified atom stereocenters. The minimum absolute atomic E-state index is 0.148. The molecule has 7 heteroatoms. The van der Waals surface area contributed by atoms with Crippen molar-refractivity contribution in [3.63, 3.8) is 0 Å². The Kier molecular flexibility index (Phi) is 6.41. The summed E-state index contributed by atoms with van der Waals surface area (Å²) in [5.74, 6) is 0.573. The van der Waals surface area contributed by atoms with Gasteiger partial charge in [-0.25, -0.2) is 4.39 Å². The second-order valence-corrected chi connectivity index (χ2v) is 7.05. The number of carbonyl (C=O) groups excluding carboxylic acids is 1. The molecule has 0 aliphatic carbocycles. The third-order valence-corrected chi connectivity index (χ3v) is 4.80. The van der Waals surface area contributed by atoms with E-state index >= 15 is 0 Å². The maximum atomic E-state index is 12.9. The van der Waals surface area contributed by atoms with Gasteiger partial charge in [-0.15, -0.1) is 0 Å². The summed E-state index contributed by atoms with van der Waals surface area (Å²) in [4.78, 5) is 14.8. The number of benzene rings is 2. The lowest BCUT2D eigenvalue weighted by Crippen LogP contribution is -2.35. The summed E-state index contributed by atoms with van der Waals surface area (Å²) in [7, 11) is 0. The Morgan fingerprint density at radius 1 is 1.00 bits per heavy atom. The van der Waals surface area contributed by atoms with Gasteiger partial charge in [-0.1, -0.05) is 12.1 Å². The van der Waals surface area contributed by atoms with Gasteiger partial charge in [0, 0.05) is 25.3 Å². The van der Waals surface area contributed by atoms with Crippen molar-refractivity contribution in [2.24, 2.45) is 0 Å². The van der Waals surface area contributed by atoms with E-state index in [4.69, 9.17) is 13.9 Å². The van der Waals surface area contributed by atoms with Crippen LogP contribution in [0, 0.1) is 5.82 Å². The fraction of sp³-hybridized carbons (Fsp3) is 0.261. The first kappa shape index (κ1) is 20.1. The highest BCUT2D eigenvalue weighted by molar-refractivity contribution is 6.02. The van der Waals surface area contributed by atoms with Gasteiger partial charge < -0.3 is 19.2 Å². The van der Waals surface area contributed by atoms with Crippen LogP contribution in [0.2, 0.25) is 0 Å². The molecule has 1 aromatic heterocycles. The number of nitrogens with zero attached hydrogens (tertiary/aromatic N) is 1. The van der Waals surface area contributed by atoms with Crippen LogP contribution >= 0.6 is 0 Å². The van der Waals surface area contributed by atoms with Gasteiger partial charge in [0.05, 0.1) is 13.2 Å². The summed E-state index contributed by atoms with van der Waals surface area (Å²) >= 11 is 0. The number of morpholine rings is 1. The number of amides is 1. The van der Waals surface area contributed by atoms with Gasteiger partial charge in [0.2, 0.25) is 0 Å². The van der Waals surface area contributed by atoms with Crippen LogP contribution in [0.3, 0.4) is 0 Å². The highest BCUT2D eigenvalue weighted by Crippen LogP contribution is 2.17. The summed E-state index contributed by atoms with van der Waals surface area (Å²) < 4.78 is 29.4. The van der Waals surface area contributed by atoms with Crippen LogP contribution in [0.1, 0.15) is 21.9 Å². The molecule has 4 rings (SSSR count). The molecular formula is C23H23FN2O4. The van der Waals surface area contributed by atoms with Crippen molar-refractivity contribution in [2.75, 3.05) is 31.6 Å². The maximum absolute atomic E-state index is 12.9. The lowest BCUT2D eigenvalue weighted by Gasteiger charge is -2.26. The summed E-state index contributed by atoms with van der Waals surface area (Å²) in [5, 5.41) is 2.83. The highest BCUT2D eigenvalue weighted by atomic mass is 19.1. The molecule has 1 amide bonds. The van der Waals surface area contributed by atoms with E-state index in [1.165, 1.54) is 29.8 Å². The fourth-order valence-electron chi connectivity index (χ4n) is 3.17. The molecule has 0 saturated carbocycles. The molecule has 0 atom stereocenters. The molecule has 1 aliphatic rings. The number of carbonyl (C=O) groups is 1. The smallest absolute Gasteiger partial charge is 0.291 e. The number of anilines is 1. The second kappa shape index (κ2) is 9.56. The van der Waals surface area contributed by atoms with E-state index in [1.54, 1.807) is 12.1 Å². The first-order chi connectivity index (χ1) is 14.7. The quantitative estimate of drug-likeness (QED) is 0.636. The molecular weight excluding hydrogens is 387 g/mol. The minimum Gasteiger partial charge on any atom is -0.486 e. The molecule has 1 saturated heterocycles. The third-order valence-electron chi connectivity index (χ3n) is 4.80. The van der Waals surface area contributed by atoms with Crippen LogP contribution < -0.4 is 10.1 Å². The Morgan fingerprint density at radius 3 is 2.47 bits per heavy atom. The lowest BCUT2D eigenvalue weighted by molar-refractivity contribution is 0.0342. The zero-order valence-corrected chi connectivity index (χ0v) is 16.5. The van der Waals surface area contributed by atoms with Crippen molar-refractivity contribution in [3.05, 3.63) is 83.6 Å². The lowest BCUT2D eigenvalue weighted by atomic mass is 10.2. The zero-order chi connectivity index (χ0) is 20.8. The second-order valence-electron chi connectivity index (χ2n) is 7.05. The SMILES string of the molecule is O=C(Nc1ccc(CN2CCOCC2)cc1)c1ccc(COc2ccc(F)cc2)o1. The van der Waals surface area contributed by atoms with E-state index in [0.29, 0.717) is 17.2 Å². The first-order valence-electron chi connectivity index (χ1n) is 9.83. The maximum Gasteiger partial charge on any atom is 0.291 e. The molecule has 6 nitrogen and oxygen atoms in total. The molecule has 3 aromatic rings. The van der Waals surface area contributed by atoms with Crippen LogP contribution in [0.25, 0.3) is 0 Å². The largest absolute Gasteiger partial charge is 0.486 e. The molecule has 0 radical (unpaired) electrons. The van der Waals surface area contributed by atoms with E-state index in [2.05, 4.69) is 10.2 Å². The number of hydrogen-bond donors (Lipinski definition) is 1. The Bertz CT molecular complexity index is 964. The number of furan rings is 1. The molecule has 2 heterocycles. The first-order valence-corrected chi connectivity index (χ1v) is 9.83. The van der Waals surface area contributed by atoms with Gasteiger partial charge in [0.15, 0.2) is 5.76 Å². The molecule has 156 valence electrons. The van der Waals surface area contributed by atoms with Crippen molar-refractivity contribution < 1.29 is 23.1 Å². The van der Waals surface area contributed by atoms with Gasteiger partial charge in [-0.3, -0.25) is 9.69 Å². The van der Waals surface area contributed by atoms with Crippen LogP contribution in [0.4, 0.5) is 10.1 Å². The van der Waals surface area contributed by atoms with Gasteiger partial charge in [0.1, 0.15) is 23.9 Å². The van der Waals surface area contributed by atoms with Crippen molar-refractivity contribution in [1.29, 1.82) is 0 Å². The van der Waals surface area contributed by atoms with Crippen molar-refractivity contribution in [2.45, 2.75) is 13.2 Å². The summed E-state index contributed by atoms with van der Waals surface area (Å²) in [6, 6.07) is 16.8. The number of ether oxygens (including phenoxy) is 2. The number of hydrogen-bond acceptors (Lipinski definition) is 5. The van der Waals surface area contributed by atoms with Crippen LogP contribution in [0.15, 0.2) is 65.1 Å². The zero-order valence-electron chi connectivity index (χ0n) is 16.5. The molecule has 2 aromatic carbocycles. The Hall–Kier alpha value is -3.16. The van der Waals surface area contributed by atoms with E-state index in [-0.39, 0.29) is 24.1 Å². The van der Waals surface area contributed by atoms with Crippen molar-refractivity contribution in [1.82, 2.24) is 4.90 Å². The van der Waals surface area contributed by atoms with Gasteiger partial charge in [-0.2, -0.15) is 0 Å². The minimum atomic E-state index is -0.330. The number of nitrogens with one attached hydrogen (secondary N) is 1. The van der Waals surface area contributed by atoms with E-state index < -0.39 is 0 Å². The molecule has 30 heavy (non-hydrogen) atoms. The van der Waals surface area contributed by atoms with Gasteiger partial charge in [0.25, 0.3) is 5.91 Å². The summed E-state index contributed by atoms with van der Waals surface area (Å²) in [6.45, 7) is 4.43. The molecule has 0 bridgehead atoms. The molecule has 1 N–H and O–H groups in total. The van der Waals surface area contributed by atoms with Crippen molar-refractivity contribution in [3.8, 4) is 5.75 Å². The van der Waals surface area contributed by atoms with Gasteiger partial charge >= 0.3 is 0 Å². The molecule has 1 fully saturated rings. The van der Waals surface area contributed by atoms with Crippen LogP contribution in [-0.4, -0.2) is 37.1 Å². The third kappa shape index (κ3) is 5.46. The normalized spacial score (nSPS) is 14.4. The standard InChI is InChI=1S/C23H23FN2O4/c24-18-3-7-20(8-4-18)29-16-21-9-10-22(30-21)23(27)25-19-5-1-17(2-6-19)15-26-11-13-28-14-12-26/h1-10H,11-16H2,(H,25,27). The Balaban J connectivity index is 1.28. The average Bonchev–Trinajstić information content (AvgIpc) is 3.25. The molecule has 1 aliphatic heterocycles. The Labute approximate surface area is 174 Å². The molecule has 0 spiro atoms. The fourth-order valence-corrected chi connectivity index (χ4v) is 3.17. The van der Waals surface area contributed by atoms with E-state index in [1.807, 2.05) is 24.3 Å². The van der Waals surface area contributed by atoms with Crippen LogP contribution in [-0.2, 0) is 17.9 Å². The number of halogens is 1. The average molecular weight is 410 g/mol. The topological polar surface area (TPSA) is 63.9 Å². The van der Waals surface area contributed by atoms with Gasteiger partial charge in [-0.05, 0) is 54.1 Å². The summed E-state index contributed by atoms with van der Waals surface area (Å²) in [6.07, 6.45) is 0. The van der Waals surface area contributed by atoms with Crippen molar-refractivity contribution >= 4 is 11.6 Å². The predicted molar refractivity (Wildman–Crippen MR) is 110 cm³/mol. The van der Waals surface area contributed by atoms with E-state index in [9.17, 15) is 9.18 Å². The Morgan fingerprint density at radius 2 is 1.73 bits per heavy atom. The summed E-state index contributed by atoms with van der Waals surface area (Å²) in [5.41, 5.74) is 1.89. The number of rotatable bonds is 7.